The van der Waals surface area contributed by atoms with Crippen molar-refractivity contribution < 1.29 is 4.39 Å². The van der Waals surface area contributed by atoms with Crippen LogP contribution in [0.25, 0.3) is 0 Å². The number of H-pyrrole nitrogens is 1. The van der Waals surface area contributed by atoms with Crippen LogP contribution in [0.5, 0.6) is 0 Å². The van der Waals surface area contributed by atoms with E-state index < -0.39 is 5.95 Å². The van der Waals surface area contributed by atoms with Crippen LogP contribution >= 0.6 is 0 Å². The molecule has 0 aliphatic carbocycles. The van der Waals surface area contributed by atoms with Crippen molar-refractivity contribution in [2.24, 2.45) is 0 Å². The van der Waals surface area contributed by atoms with Crippen molar-refractivity contribution in [1.82, 2.24) is 9.97 Å². The third kappa shape index (κ3) is 0.381. The average molecular weight is 86.1 g/mol. The topological polar surface area (TPSA) is 28.7 Å². The van der Waals surface area contributed by atoms with Crippen LogP contribution in [0.4, 0.5) is 4.39 Å². The van der Waals surface area contributed by atoms with E-state index in [0.29, 0.717) is 0 Å². The fourth-order valence-electron chi connectivity index (χ4n) is 0.239. The van der Waals surface area contributed by atoms with Crippen LogP contribution in [-0.2, 0) is 0 Å². The number of hydrogen-bond donors (Lipinski definition) is 1. The first-order chi connectivity index (χ1) is 2.89. The number of halogens is 1. The van der Waals surface area contributed by atoms with Crippen LogP contribution in [-0.4, -0.2) is 9.97 Å². The lowest BCUT2D eigenvalue weighted by molar-refractivity contribution is 0.591. The number of nitrogens with zero attached hydrogens (tertiary/aromatic N) is 1. The first kappa shape index (κ1) is 3.33. The molecule has 1 heterocycles. The van der Waals surface area contributed by atoms with E-state index in [0.717, 1.165) is 6.20 Å². The molecule has 0 radical (unpaired) electrons. The number of imidazole rings is 1. The molecule has 3 heteroatoms. The summed E-state index contributed by atoms with van der Waals surface area (Å²) >= 11 is 0. The van der Waals surface area contributed by atoms with Gasteiger partial charge in [-0.3, -0.25) is 0 Å². The van der Waals surface area contributed by atoms with Gasteiger partial charge >= 0.3 is 0 Å². The van der Waals surface area contributed by atoms with Crippen molar-refractivity contribution in [3.63, 3.8) is 0 Å². The highest BCUT2D eigenvalue weighted by atomic mass is 19.1. The normalized spacial score (nSPS) is 8.83. The highest BCUT2D eigenvalue weighted by molar-refractivity contribution is 4.71. The van der Waals surface area contributed by atoms with Crippen LogP contribution in [0.2, 0.25) is 0 Å². The van der Waals surface area contributed by atoms with Crippen LogP contribution in [0.1, 0.15) is 0 Å². The second kappa shape index (κ2) is 1.08. The fraction of sp³-hybridized carbons (Fsp3) is 0. The van der Waals surface area contributed by atoms with Gasteiger partial charge < -0.3 is 4.98 Å². The first-order valence-electron chi connectivity index (χ1n) is 1.53. The van der Waals surface area contributed by atoms with Crippen LogP contribution in [0, 0.1) is 5.95 Å². The van der Waals surface area contributed by atoms with Gasteiger partial charge in [0.15, 0.2) is 0 Å². The summed E-state index contributed by atoms with van der Waals surface area (Å²) in [4.78, 5) is 5.61. The predicted octanol–water partition coefficient (Wildman–Crippen LogP) is 0.549. The molecule has 0 saturated carbocycles. The highest BCUT2D eigenvalue weighted by Crippen LogP contribution is 1.81. The minimum Gasteiger partial charge on any atom is -0.322 e. The van der Waals surface area contributed by atoms with Crippen LogP contribution in [0.15, 0.2) is 12.5 Å². The Balaban J connectivity index is 3.05. The summed E-state index contributed by atoms with van der Waals surface area (Å²) < 4.78 is 11.5. The van der Waals surface area contributed by atoms with Crippen molar-refractivity contribution in [1.29, 1.82) is 0 Å². The summed E-state index contributed by atoms with van der Waals surface area (Å²) in [6.07, 6.45) is 2.40. The molecule has 0 atom stereocenters. The van der Waals surface area contributed by atoms with E-state index in [4.69, 9.17) is 0 Å². The van der Waals surface area contributed by atoms with Crippen molar-refractivity contribution in [3.05, 3.63) is 18.5 Å². The molecule has 0 unspecified atom stereocenters. The summed E-state index contributed by atoms with van der Waals surface area (Å²) in [7, 11) is 0. The summed E-state index contributed by atoms with van der Waals surface area (Å²) in [5.74, 6) is -0.394. The van der Waals surface area contributed by atoms with Gasteiger partial charge in [-0.05, 0) is 0 Å². The van der Waals surface area contributed by atoms with Gasteiger partial charge in [0.1, 0.15) is 0 Å². The van der Waals surface area contributed by atoms with Crippen molar-refractivity contribution in [2.45, 2.75) is 0 Å². The van der Waals surface area contributed by atoms with Gasteiger partial charge in [0.25, 0.3) is 0 Å². The Morgan fingerprint density at radius 3 is 2.83 bits per heavy atom. The van der Waals surface area contributed by atoms with Gasteiger partial charge in [0.05, 0.1) is 12.5 Å². The average Bonchev–Trinajstić information content (AvgIpc) is 1.86. The molecule has 6 heavy (non-hydrogen) atoms. The quantitative estimate of drug-likeness (QED) is 0.490. The standard InChI is InChI=1S/C3H3FN2/c4-3-1-5-2-6-3/h1-2H,(H,5,6). The first-order valence-corrected chi connectivity index (χ1v) is 1.53. The Bertz CT molecular complexity index is 112. The molecule has 1 N–H and O–H groups in total. The maximum absolute atomic E-state index is 11.5. The molecule has 1 aromatic rings. The summed E-state index contributed by atoms with van der Waals surface area (Å²) in [5.41, 5.74) is 0. The van der Waals surface area contributed by atoms with Gasteiger partial charge in [-0.15, -0.1) is 0 Å². The number of aromatic nitrogens is 2. The summed E-state index contributed by atoms with van der Waals surface area (Å²) in [6.45, 7) is 0. The second-order valence-corrected chi connectivity index (χ2v) is 0.900. The zero-order chi connectivity index (χ0) is 4.41. The highest BCUT2D eigenvalue weighted by Gasteiger charge is 1.79. The molecule has 0 saturated heterocycles. The molecule has 32 valence electrons. The van der Waals surface area contributed by atoms with E-state index in [1.54, 1.807) is 0 Å². The fourth-order valence-corrected chi connectivity index (χ4v) is 0.239. The predicted molar refractivity (Wildman–Crippen MR) is 18.5 cm³/mol. The van der Waals surface area contributed by atoms with Gasteiger partial charge in [-0.2, -0.15) is 4.39 Å². The zero-order valence-electron chi connectivity index (χ0n) is 2.98. The van der Waals surface area contributed by atoms with Crippen molar-refractivity contribution in [3.8, 4) is 0 Å². The van der Waals surface area contributed by atoms with Crippen LogP contribution < -0.4 is 0 Å². The van der Waals surface area contributed by atoms with E-state index in [-0.39, 0.29) is 0 Å². The number of hydrogen-bond acceptors (Lipinski definition) is 1. The lowest BCUT2D eigenvalue weighted by Gasteiger charge is -1.62. The van der Waals surface area contributed by atoms with E-state index in [1.165, 1.54) is 6.33 Å². The Morgan fingerprint density at radius 2 is 2.67 bits per heavy atom. The molecule has 2 nitrogen and oxygen atoms in total. The van der Waals surface area contributed by atoms with E-state index in [2.05, 4.69) is 9.97 Å². The van der Waals surface area contributed by atoms with E-state index in [1.807, 2.05) is 0 Å². The van der Waals surface area contributed by atoms with Gasteiger partial charge in [0, 0.05) is 0 Å². The van der Waals surface area contributed by atoms with E-state index in [9.17, 15) is 4.39 Å². The Morgan fingerprint density at radius 1 is 1.83 bits per heavy atom. The maximum Gasteiger partial charge on any atom is 0.210 e. The van der Waals surface area contributed by atoms with Crippen molar-refractivity contribution in [2.75, 3.05) is 0 Å². The maximum atomic E-state index is 11.5. The van der Waals surface area contributed by atoms with Gasteiger partial charge in [-0.1, -0.05) is 0 Å². The molecule has 1 aromatic heterocycles. The largest absolute Gasteiger partial charge is 0.322 e. The minimum atomic E-state index is -0.394. The molecular formula is C3H3FN2. The Labute approximate surface area is 34.0 Å². The number of nitrogens with one attached hydrogen (secondary N) is 1. The molecule has 0 amide bonds. The lowest BCUT2D eigenvalue weighted by Crippen LogP contribution is -1.61. The SMILES string of the molecule is Fc1cnc[nH]1. The Hall–Kier alpha value is -0.860. The molecule has 0 fully saturated rings. The summed E-state index contributed by atoms with van der Waals surface area (Å²) in [6, 6.07) is 0. The molecular weight excluding hydrogens is 83.0 g/mol. The second-order valence-electron chi connectivity index (χ2n) is 0.900. The lowest BCUT2D eigenvalue weighted by atomic mass is 10.9. The molecule has 0 spiro atoms. The number of rotatable bonds is 0. The summed E-state index contributed by atoms with van der Waals surface area (Å²) in [5, 5.41) is 0. The van der Waals surface area contributed by atoms with Crippen molar-refractivity contribution >= 4 is 0 Å². The molecule has 0 bridgehead atoms. The van der Waals surface area contributed by atoms with Gasteiger partial charge in [-0.25, -0.2) is 4.98 Å². The Kier molecular flexibility index (Phi) is 0.602. The molecule has 0 aromatic carbocycles. The number of aromatic amines is 1. The zero-order valence-corrected chi connectivity index (χ0v) is 2.98. The minimum absolute atomic E-state index is 0.394. The smallest absolute Gasteiger partial charge is 0.210 e. The van der Waals surface area contributed by atoms with Crippen LogP contribution in [0.3, 0.4) is 0 Å². The monoisotopic (exact) mass is 86.0 g/mol. The third-order valence-electron chi connectivity index (χ3n) is 0.465. The molecule has 0 aliphatic heterocycles. The molecule has 0 aliphatic rings. The third-order valence-corrected chi connectivity index (χ3v) is 0.465. The van der Waals surface area contributed by atoms with E-state index >= 15 is 0 Å². The molecule has 1 rings (SSSR count). The van der Waals surface area contributed by atoms with Gasteiger partial charge in [0.2, 0.25) is 5.95 Å².